The molecule has 0 bridgehead atoms. The highest BCUT2D eigenvalue weighted by Crippen LogP contribution is 2.17. The number of benzene rings is 2. The molecule has 1 atom stereocenters. The Bertz CT molecular complexity index is 902. The maximum Gasteiger partial charge on any atom is 0.241 e. The van der Waals surface area contributed by atoms with Crippen LogP contribution in [0.15, 0.2) is 53.4 Å². The van der Waals surface area contributed by atoms with E-state index in [2.05, 4.69) is 10.0 Å². The first kappa shape index (κ1) is 22.4. The fourth-order valence-electron chi connectivity index (χ4n) is 2.70. The number of halogens is 1. The number of hydrogen-bond acceptors (Lipinski definition) is 3. The van der Waals surface area contributed by atoms with Crippen molar-refractivity contribution in [3.8, 4) is 0 Å². The van der Waals surface area contributed by atoms with Crippen LogP contribution in [0.3, 0.4) is 0 Å². The average Bonchev–Trinajstić information content (AvgIpc) is 2.59. The Kier molecular flexibility index (Phi) is 7.26. The topological polar surface area (TPSA) is 75.3 Å². The summed E-state index contributed by atoms with van der Waals surface area (Å²) in [5.74, 6) is -0.0615. The van der Waals surface area contributed by atoms with E-state index in [9.17, 15) is 13.2 Å². The zero-order valence-corrected chi connectivity index (χ0v) is 18.2. The fraction of sp³-hybridized carbons (Fsp3) is 0.381. The van der Waals surface area contributed by atoms with E-state index in [1.54, 1.807) is 57.2 Å². The molecule has 0 aliphatic rings. The van der Waals surface area contributed by atoms with Crippen LogP contribution in [0, 0.1) is 0 Å². The van der Waals surface area contributed by atoms with E-state index in [-0.39, 0.29) is 16.8 Å². The second-order valence-corrected chi connectivity index (χ2v) is 9.96. The maximum atomic E-state index is 12.3. The van der Waals surface area contributed by atoms with Crippen LogP contribution in [0.5, 0.6) is 0 Å². The molecule has 7 heteroatoms. The summed E-state index contributed by atoms with van der Waals surface area (Å²) in [6, 6.07) is 13.9. The molecule has 0 unspecified atom stereocenters. The lowest BCUT2D eigenvalue weighted by Crippen LogP contribution is -2.40. The molecule has 0 saturated carbocycles. The van der Waals surface area contributed by atoms with E-state index in [1.165, 1.54) is 0 Å². The van der Waals surface area contributed by atoms with E-state index in [0.717, 1.165) is 11.1 Å². The Labute approximate surface area is 172 Å². The van der Waals surface area contributed by atoms with E-state index < -0.39 is 15.6 Å². The number of sulfonamides is 1. The second kappa shape index (κ2) is 9.07. The van der Waals surface area contributed by atoms with Gasteiger partial charge in [0.05, 0.1) is 10.9 Å². The summed E-state index contributed by atoms with van der Waals surface area (Å²) in [5, 5.41) is 3.62. The lowest BCUT2D eigenvalue weighted by Gasteiger charge is -2.20. The summed E-state index contributed by atoms with van der Waals surface area (Å²) in [6.45, 7) is 7.30. The van der Waals surface area contributed by atoms with Crippen molar-refractivity contribution in [1.29, 1.82) is 0 Å². The molecule has 0 aliphatic carbocycles. The first-order valence-corrected chi connectivity index (χ1v) is 11.0. The quantitative estimate of drug-likeness (QED) is 0.701. The number of nitrogens with one attached hydrogen (secondary N) is 2. The van der Waals surface area contributed by atoms with E-state index in [0.29, 0.717) is 17.9 Å². The Balaban J connectivity index is 1.90. The van der Waals surface area contributed by atoms with Crippen LogP contribution >= 0.6 is 11.6 Å². The van der Waals surface area contributed by atoms with Gasteiger partial charge < -0.3 is 5.32 Å². The number of amides is 1. The predicted molar refractivity (Wildman–Crippen MR) is 113 cm³/mol. The smallest absolute Gasteiger partial charge is 0.241 e. The Morgan fingerprint density at radius 2 is 1.61 bits per heavy atom. The van der Waals surface area contributed by atoms with E-state index in [1.807, 2.05) is 19.1 Å². The lowest BCUT2D eigenvalue weighted by atomic mass is 10.1. The summed E-state index contributed by atoms with van der Waals surface area (Å²) in [6.07, 6.45) is 0.858. The minimum Gasteiger partial charge on any atom is -0.350 e. The first-order chi connectivity index (χ1) is 13.0. The highest BCUT2D eigenvalue weighted by Gasteiger charge is 2.21. The second-order valence-electron chi connectivity index (χ2n) is 7.84. The van der Waals surface area contributed by atoms with Gasteiger partial charge in [-0.05, 0) is 69.5 Å². The van der Waals surface area contributed by atoms with Gasteiger partial charge in [-0.3, -0.25) is 4.79 Å². The van der Waals surface area contributed by atoms with Crippen molar-refractivity contribution in [1.82, 2.24) is 10.0 Å². The third-order valence-electron chi connectivity index (χ3n) is 4.06. The molecule has 2 aromatic carbocycles. The third kappa shape index (κ3) is 6.93. The fourth-order valence-corrected chi connectivity index (χ4v) is 4.25. The van der Waals surface area contributed by atoms with Gasteiger partial charge in [0.15, 0.2) is 0 Å². The normalized spacial score (nSPS) is 13.2. The molecule has 28 heavy (non-hydrogen) atoms. The van der Waals surface area contributed by atoms with Crippen LogP contribution in [0.2, 0.25) is 5.02 Å². The molecular weight excluding hydrogens is 396 g/mol. The molecule has 0 saturated heterocycles. The highest BCUT2D eigenvalue weighted by atomic mass is 35.5. The van der Waals surface area contributed by atoms with E-state index in [4.69, 9.17) is 11.6 Å². The number of rotatable bonds is 7. The Morgan fingerprint density at radius 3 is 2.14 bits per heavy atom. The van der Waals surface area contributed by atoms with Gasteiger partial charge in [0.25, 0.3) is 0 Å². The molecular formula is C21H27ClN2O3S. The number of hydrogen-bond donors (Lipinski definition) is 2. The Morgan fingerprint density at radius 1 is 1.04 bits per heavy atom. The van der Waals surface area contributed by atoms with Gasteiger partial charge in [-0.1, -0.05) is 35.9 Å². The van der Waals surface area contributed by atoms with Gasteiger partial charge in [0.1, 0.15) is 0 Å². The number of carbonyl (C=O) groups excluding carboxylic acids is 1. The van der Waals surface area contributed by atoms with Gasteiger partial charge in [0, 0.05) is 17.0 Å². The number of aryl methyl sites for hydroxylation is 1. The molecule has 0 fully saturated rings. The van der Waals surface area contributed by atoms with E-state index >= 15 is 0 Å². The molecule has 0 radical (unpaired) electrons. The molecule has 5 nitrogen and oxygen atoms in total. The van der Waals surface area contributed by atoms with Crippen LogP contribution < -0.4 is 10.0 Å². The Hall–Kier alpha value is -1.89. The first-order valence-electron chi connectivity index (χ1n) is 9.14. The van der Waals surface area contributed by atoms with Gasteiger partial charge in [0.2, 0.25) is 15.9 Å². The molecule has 2 N–H and O–H groups in total. The summed E-state index contributed by atoms with van der Waals surface area (Å²) < 4.78 is 27.3. The van der Waals surface area contributed by atoms with Crippen molar-refractivity contribution in [2.45, 2.75) is 57.0 Å². The highest BCUT2D eigenvalue weighted by molar-refractivity contribution is 7.89. The van der Waals surface area contributed by atoms with Crippen molar-refractivity contribution >= 4 is 27.5 Å². The average molecular weight is 423 g/mol. The summed E-state index contributed by atoms with van der Waals surface area (Å²) >= 11 is 5.88. The summed E-state index contributed by atoms with van der Waals surface area (Å²) in [5.41, 5.74) is 1.35. The standard InChI is InChI=1S/C21H27ClN2O3S/c1-15(17-8-10-18(22)11-9-17)23-20(25)14-7-16-5-12-19(13-6-16)28(26,27)24-21(2,3)4/h5-6,8-13,15,24H,7,14H2,1-4H3,(H,23,25)/t15-/m0/s1. The van der Waals surface area contributed by atoms with Gasteiger partial charge in [-0.15, -0.1) is 0 Å². The van der Waals surface area contributed by atoms with Crippen molar-refractivity contribution in [2.75, 3.05) is 0 Å². The molecule has 0 heterocycles. The lowest BCUT2D eigenvalue weighted by molar-refractivity contribution is -0.121. The van der Waals surface area contributed by atoms with Crippen molar-refractivity contribution in [3.63, 3.8) is 0 Å². The SMILES string of the molecule is C[C@H](NC(=O)CCc1ccc(S(=O)(=O)NC(C)(C)C)cc1)c1ccc(Cl)cc1. The van der Waals surface area contributed by atoms with Gasteiger partial charge in [-0.25, -0.2) is 13.1 Å². The number of carbonyl (C=O) groups is 1. The van der Waals surface area contributed by atoms with Crippen LogP contribution in [-0.4, -0.2) is 19.9 Å². The molecule has 2 aromatic rings. The van der Waals surface area contributed by atoms with Gasteiger partial charge >= 0.3 is 0 Å². The van der Waals surface area contributed by atoms with Crippen molar-refractivity contribution in [2.24, 2.45) is 0 Å². The minimum absolute atomic E-state index is 0.0615. The van der Waals surface area contributed by atoms with Crippen molar-refractivity contribution in [3.05, 3.63) is 64.7 Å². The van der Waals surface area contributed by atoms with Crippen LogP contribution in [0.25, 0.3) is 0 Å². The zero-order valence-electron chi connectivity index (χ0n) is 16.6. The van der Waals surface area contributed by atoms with Crippen molar-refractivity contribution < 1.29 is 13.2 Å². The molecule has 152 valence electrons. The maximum absolute atomic E-state index is 12.3. The molecule has 0 spiro atoms. The van der Waals surface area contributed by atoms with Crippen LogP contribution in [-0.2, 0) is 21.2 Å². The predicted octanol–water partition coefficient (Wildman–Crippen LogP) is 4.23. The summed E-state index contributed by atoms with van der Waals surface area (Å²) in [7, 11) is -3.55. The van der Waals surface area contributed by atoms with Gasteiger partial charge in [-0.2, -0.15) is 0 Å². The summed E-state index contributed by atoms with van der Waals surface area (Å²) in [4.78, 5) is 12.4. The zero-order chi connectivity index (χ0) is 20.9. The largest absolute Gasteiger partial charge is 0.350 e. The molecule has 1 amide bonds. The van der Waals surface area contributed by atoms with Crippen LogP contribution in [0.1, 0.15) is 51.3 Å². The molecule has 0 aliphatic heterocycles. The monoisotopic (exact) mass is 422 g/mol. The minimum atomic E-state index is -3.55. The van der Waals surface area contributed by atoms with Crippen LogP contribution in [0.4, 0.5) is 0 Å². The molecule has 2 rings (SSSR count). The third-order valence-corrected chi connectivity index (χ3v) is 6.09. The molecule has 0 aromatic heterocycles.